The first-order valence-electron chi connectivity index (χ1n) is 8.65. The highest BCUT2D eigenvalue weighted by Gasteiger charge is 2.34. The van der Waals surface area contributed by atoms with Gasteiger partial charge in [0.1, 0.15) is 0 Å². The Hall–Kier alpha value is -3.67. The first kappa shape index (κ1) is 16.8. The van der Waals surface area contributed by atoms with Gasteiger partial charge in [0.15, 0.2) is 0 Å². The fourth-order valence-corrected chi connectivity index (χ4v) is 3.32. The maximum Gasteiger partial charge on any atom is 0.271 e. The lowest BCUT2D eigenvalue weighted by Crippen LogP contribution is -2.39. The number of ketones is 1. The molecule has 0 aliphatic carbocycles. The summed E-state index contributed by atoms with van der Waals surface area (Å²) in [7, 11) is 0. The van der Waals surface area contributed by atoms with Gasteiger partial charge in [0.2, 0.25) is 5.78 Å². The van der Waals surface area contributed by atoms with Crippen molar-refractivity contribution in [2.45, 2.75) is 6.92 Å². The number of fused-ring (bicyclic) bond motifs is 1. The minimum atomic E-state index is -0.402. The van der Waals surface area contributed by atoms with Crippen LogP contribution in [-0.4, -0.2) is 28.4 Å². The predicted molar refractivity (Wildman–Crippen MR) is 104 cm³/mol. The highest BCUT2D eigenvalue weighted by molar-refractivity contribution is 6.36. The van der Waals surface area contributed by atoms with Crippen LogP contribution in [0.2, 0.25) is 0 Å². The topological polar surface area (TPSA) is 86.0 Å². The Labute approximate surface area is 155 Å². The molecule has 6 nitrogen and oxygen atoms in total. The second-order valence-corrected chi connectivity index (χ2v) is 6.19. The number of para-hydroxylation sites is 1. The summed E-state index contributed by atoms with van der Waals surface area (Å²) in [6.07, 6.45) is 1.39. The lowest BCUT2D eigenvalue weighted by atomic mass is 9.93. The van der Waals surface area contributed by atoms with Crippen LogP contribution in [-0.2, 0) is 4.79 Å². The molecule has 2 heterocycles. The maximum absolute atomic E-state index is 12.9. The Morgan fingerprint density at radius 1 is 0.926 bits per heavy atom. The summed E-state index contributed by atoms with van der Waals surface area (Å²) < 4.78 is 0. The normalized spacial score (nSPS) is 15.3. The van der Waals surface area contributed by atoms with Gasteiger partial charge in [0, 0.05) is 17.7 Å². The van der Waals surface area contributed by atoms with E-state index in [1.165, 1.54) is 6.08 Å². The molecule has 0 bridgehead atoms. The standard InChI is InChI=1S/C21H17N3O3/c1-2-24-17-11-7-6-10-14(17)19(25)16(21(24)27)12-15-18(22-23-20(15)26)13-8-4-3-5-9-13/h3-12H,2H2,1H3,(H2,22,23,26). The molecule has 2 aromatic carbocycles. The lowest BCUT2D eigenvalue weighted by Gasteiger charge is -2.28. The first-order valence-corrected chi connectivity index (χ1v) is 8.65. The zero-order valence-electron chi connectivity index (χ0n) is 14.7. The van der Waals surface area contributed by atoms with Crippen LogP contribution < -0.4 is 10.5 Å². The highest BCUT2D eigenvalue weighted by atomic mass is 16.2. The fraction of sp³-hybridized carbons (Fsp3) is 0.0952. The minimum Gasteiger partial charge on any atom is -0.308 e. The monoisotopic (exact) mass is 359 g/mol. The Kier molecular flexibility index (Phi) is 4.08. The molecule has 0 saturated heterocycles. The Morgan fingerprint density at radius 2 is 1.63 bits per heavy atom. The molecule has 1 aliphatic rings. The highest BCUT2D eigenvalue weighted by Crippen LogP contribution is 2.31. The number of aromatic amines is 2. The zero-order valence-corrected chi connectivity index (χ0v) is 14.7. The number of likely N-dealkylation sites (N-methyl/N-ethyl adjacent to an activating group) is 1. The number of rotatable bonds is 3. The average molecular weight is 359 g/mol. The molecule has 0 atom stereocenters. The second-order valence-electron chi connectivity index (χ2n) is 6.19. The molecule has 4 rings (SSSR count). The van der Waals surface area contributed by atoms with Gasteiger partial charge in [0.05, 0.1) is 22.5 Å². The number of Topliss-reactive ketones (excluding diaryl/α,β-unsaturated/α-hetero) is 1. The molecule has 0 saturated carbocycles. The molecule has 27 heavy (non-hydrogen) atoms. The van der Waals surface area contributed by atoms with Crippen LogP contribution in [0.25, 0.3) is 17.3 Å². The van der Waals surface area contributed by atoms with E-state index >= 15 is 0 Å². The van der Waals surface area contributed by atoms with Crippen molar-refractivity contribution in [3.63, 3.8) is 0 Å². The molecular formula is C21H17N3O3. The molecule has 1 amide bonds. The van der Waals surface area contributed by atoms with E-state index in [1.807, 2.05) is 37.3 Å². The molecular weight excluding hydrogens is 342 g/mol. The number of nitrogens with zero attached hydrogens (tertiary/aromatic N) is 1. The molecule has 0 unspecified atom stereocenters. The summed E-state index contributed by atoms with van der Waals surface area (Å²) in [6, 6.07) is 16.3. The summed E-state index contributed by atoms with van der Waals surface area (Å²) in [4.78, 5) is 39.7. The second kappa shape index (κ2) is 6.57. The molecule has 1 aromatic heterocycles. The van der Waals surface area contributed by atoms with Crippen molar-refractivity contribution < 1.29 is 9.59 Å². The number of anilines is 1. The van der Waals surface area contributed by atoms with Crippen LogP contribution in [0, 0.1) is 0 Å². The molecule has 2 N–H and O–H groups in total. The molecule has 3 aromatic rings. The number of hydrogen-bond acceptors (Lipinski definition) is 3. The van der Waals surface area contributed by atoms with Crippen molar-refractivity contribution >= 4 is 23.5 Å². The van der Waals surface area contributed by atoms with Crippen LogP contribution in [0.5, 0.6) is 0 Å². The van der Waals surface area contributed by atoms with Crippen molar-refractivity contribution in [3.05, 3.63) is 81.7 Å². The van der Waals surface area contributed by atoms with Crippen molar-refractivity contribution in [1.82, 2.24) is 10.2 Å². The number of hydrogen-bond donors (Lipinski definition) is 2. The summed E-state index contributed by atoms with van der Waals surface area (Å²) in [5.74, 6) is -0.777. The summed E-state index contributed by atoms with van der Waals surface area (Å²) in [5, 5.41) is 5.37. The average Bonchev–Trinajstić information content (AvgIpc) is 3.06. The SMILES string of the molecule is CCN1C(=O)C(=Cc2c(-c3ccccc3)[nH][nH]c2=O)C(=O)c2ccccc21. The van der Waals surface area contributed by atoms with E-state index in [4.69, 9.17) is 0 Å². The van der Waals surface area contributed by atoms with Gasteiger partial charge in [-0.1, -0.05) is 42.5 Å². The third kappa shape index (κ3) is 2.71. The smallest absolute Gasteiger partial charge is 0.271 e. The molecule has 0 radical (unpaired) electrons. The summed E-state index contributed by atoms with van der Waals surface area (Å²) >= 11 is 0. The van der Waals surface area contributed by atoms with Gasteiger partial charge < -0.3 is 4.90 Å². The number of benzene rings is 2. The van der Waals surface area contributed by atoms with Crippen molar-refractivity contribution in [2.24, 2.45) is 0 Å². The lowest BCUT2D eigenvalue weighted by molar-refractivity contribution is -0.114. The number of nitrogens with one attached hydrogen (secondary N) is 2. The van der Waals surface area contributed by atoms with Crippen LogP contribution in [0.4, 0.5) is 5.69 Å². The fourth-order valence-electron chi connectivity index (χ4n) is 3.32. The van der Waals surface area contributed by atoms with Crippen molar-refractivity contribution in [2.75, 3.05) is 11.4 Å². The van der Waals surface area contributed by atoms with E-state index in [1.54, 1.807) is 29.2 Å². The number of H-pyrrole nitrogens is 2. The van der Waals surface area contributed by atoms with E-state index in [2.05, 4.69) is 10.2 Å². The molecule has 1 aliphatic heterocycles. The van der Waals surface area contributed by atoms with Gasteiger partial charge in [-0.3, -0.25) is 24.6 Å². The van der Waals surface area contributed by atoms with Gasteiger partial charge in [-0.15, -0.1) is 0 Å². The Balaban J connectivity index is 1.89. The van der Waals surface area contributed by atoms with E-state index in [0.29, 0.717) is 23.5 Å². The first-order chi connectivity index (χ1) is 13.1. The van der Waals surface area contributed by atoms with Crippen LogP contribution in [0.1, 0.15) is 22.8 Å². The molecule has 0 spiro atoms. The predicted octanol–water partition coefficient (Wildman–Crippen LogP) is 3.00. The summed E-state index contributed by atoms with van der Waals surface area (Å²) in [5.41, 5.74) is 2.23. The third-order valence-corrected chi connectivity index (χ3v) is 4.64. The van der Waals surface area contributed by atoms with Crippen molar-refractivity contribution in [3.8, 4) is 11.3 Å². The molecule has 0 fully saturated rings. The zero-order chi connectivity index (χ0) is 19.0. The van der Waals surface area contributed by atoms with Gasteiger partial charge in [-0.05, 0) is 25.1 Å². The number of aromatic nitrogens is 2. The number of carbonyl (C=O) groups is 2. The van der Waals surface area contributed by atoms with Gasteiger partial charge in [-0.2, -0.15) is 0 Å². The van der Waals surface area contributed by atoms with E-state index in [9.17, 15) is 14.4 Å². The van der Waals surface area contributed by atoms with Crippen molar-refractivity contribution in [1.29, 1.82) is 0 Å². The Bertz CT molecular complexity index is 1120. The minimum absolute atomic E-state index is 0.0159. The van der Waals surface area contributed by atoms with Crippen LogP contribution in [0.15, 0.2) is 65.0 Å². The summed E-state index contributed by atoms with van der Waals surface area (Å²) in [6.45, 7) is 2.27. The number of amides is 1. The van der Waals surface area contributed by atoms with E-state index in [-0.39, 0.29) is 22.5 Å². The van der Waals surface area contributed by atoms with Crippen LogP contribution in [0.3, 0.4) is 0 Å². The largest absolute Gasteiger partial charge is 0.308 e. The van der Waals surface area contributed by atoms with Gasteiger partial charge in [0.25, 0.3) is 11.5 Å². The van der Waals surface area contributed by atoms with E-state index in [0.717, 1.165) is 5.56 Å². The van der Waals surface area contributed by atoms with E-state index < -0.39 is 5.91 Å². The van der Waals surface area contributed by atoms with Gasteiger partial charge in [-0.25, -0.2) is 0 Å². The molecule has 134 valence electrons. The number of carbonyl (C=O) groups excluding carboxylic acids is 2. The molecule has 6 heteroatoms. The Morgan fingerprint density at radius 3 is 2.37 bits per heavy atom. The maximum atomic E-state index is 12.9. The van der Waals surface area contributed by atoms with Gasteiger partial charge >= 0.3 is 0 Å². The van der Waals surface area contributed by atoms with Crippen LogP contribution >= 0.6 is 0 Å². The third-order valence-electron chi connectivity index (χ3n) is 4.64. The quantitative estimate of drug-likeness (QED) is 0.557.